The summed E-state index contributed by atoms with van der Waals surface area (Å²) in [5, 5.41) is 0. The molecule has 0 spiro atoms. The minimum atomic E-state index is -0.281. The minimum absolute atomic E-state index is 0.231. The predicted octanol–water partition coefficient (Wildman–Crippen LogP) is 6.52. The second-order valence-corrected chi connectivity index (χ2v) is 7.79. The van der Waals surface area contributed by atoms with Crippen molar-refractivity contribution in [1.82, 2.24) is 0 Å². The number of hydrogen-bond acceptors (Lipinski definition) is 5. The molecule has 5 heteroatoms. The van der Waals surface area contributed by atoms with Gasteiger partial charge in [-0.2, -0.15) is 0 Å². The van der Waals surface area contributed by atoms with E-state index in [1.807, 2.05) is 30.3 Å². The highest BCUT2D eigenvalue weighted by atomic mass is 16.5. The third-order valence-corrected chi connectivity index (χ3v) is 5.32. The van der Waals surface area contributed by atoms with E-state index in [-0.39, 0.29) is 17.5 Å². The first-order valence-corrected chi connectivity index (χ1v) is 11.1. The van der Waals surface area contributed by atoms with E-state index in [2.05, 4.69) is 6.58 Å². The lowest BCUT2D eigenvalue weighted by atomic mass is 10.1. The van der Waals surface area contributed by atoms with Gasteiger partial charge in [-0.3, -0.25) is 9.59 Å². The second-order valence-electron chi connectivity index (χ2n) is 7.79. The fourth-order valence-corrected chi connectivity index (χ4v) is 3.53. The molecule has 0 radical (unpaired) electrons. The Morgan fingerprint density at radius 1 is 0.969 bits per heavy atom. The first-order valence-electron chi connectivity index (χ1n) is 11.1. The largest absolute Gasteiger partial charge is 0.497 e. The van der Waals surface area contributed by atoms with Crippen LogP contribution >= 0.6 is 0 Å². The van der Waals surface area contributed by atoms with Crippen LogP contribution in [0, 0.1) is 0 Å². The van der Waals surface area contributed by atoms with Crippen LogP contribution in [0.15, 0.2) is 60.9 Å². The fraction of sp³-hybridized carbons (Fsp3) is 0.333. The predicted molar refractivity (Wildman–Crippen MR) is 125 cm³/mol. The first-order chi connectivity index (χ1) is 15.6. The number of Topliss-reactive ketones (excluding diaryl/α,β-unsaturated/α-hetero) is 1. The Morgan fingerprint density at radius 2 is 1.66 bits per heavy atom. The summed E-state index contributed by atoms with van der Waals surface area (Å²) in [7, 11) is 1.60. The third kappa shape index (κ3) is 6.58. The van der Waals surface area contributed by atoms with Gasteiger partial charge in [0.25, 0.3) is 0 Å². The van der Waals surface area contributed by atoms with Gasteiger partial charge in [0.05, 0.1) is 12.7 Å². The number of benzene rings is 2. The molecule has 0 atom stereocenters. The Bertz CT molecular complexity index is 972. The number of fused-ring (bicyclic) bond motifs is 1. The van der Waals surface area contributed by atoms with Crippen molar-refractivity contribution in [3.63, 3.8) is 0 Å². The van der Waals surface area contributed by atoms with Crippen LogP contribution in [0.25, 0.3) is 6.08 Å². The van der Waals surface area contributed by atoms with Gasteiger partial charge in [-0.05, 0) is 61.2 Å². The van der Waals surface area contributed by atoms with Crippen LogP contribution in [0.4, 0.5) is 0 Å². The standard InChI is InChI=1S/C27H30O5/c1-3-4-5-6-7-8-9-10-11-26(28)31-22-16-17-24-23(19-22)27(29)25(32-24)18-20-12-14-21(30-2)15-13-20/h3,12-19H,1,4-11H2,2H3/b25-18-. The van der Waals surface area contributed by atoms with Crippen LogP contribution in [0.1, 0.15) is 67.3 Å². The number of carbonyl (C=O) groups excluding carboxylic acids is 2. The van der Waals surface area contributed by atoms with E-state index in [9.17, 15) is 9.59 Å². The van der Waals surface area contributed by atoms with Crippen molar-refractivity contribution in [3.8, 4) is 17.2 Å². The van der Waals surface area contributed by atoms with Gasteiger partial charge >= 0.3 is 5.97 Å². The Hall–Kier alpha value is -3.34. The van der Waals surface area contributed by atoms with Gasteiger partial charge in [0.2, 0.25) is 5.78 Å². The van der Waals surface area contributed by atoms with E-state index in [0.29, 0.717) is 23.5 Å². The molecule has 0 aliphatic carbocycles. The molecule has 5 nitrogen and oxygen atoms in total. The molecule has 3 rings (SSSR count). The summed E-state index contributed by atoms with van der Waals surface area (Å²) in [4.78, 5) is 24.9. The van der Waals surface area contributed by atoms with Crippen molar-refractivity contribution in [3.05, 3.63) is 72.0 Å². The van der Waals surface area contributed by atoms with Crippen LogP contribution < -0.4 is 14.2 Å². The highest BCUT2D eigenvalue weighted by Crippen LogP contribution is 2.34. The lowest BCUT2D eigenvalue weighted by Crippen LogP contribution is -2.07. The maximum atomic E-state index is 12.7. The van der Waals surface area contributed by atoms with E-state index >= 15 is 0 Å². The monoisotopic (exact) mass is 434 g/mol. The number of methoxy groups -OCH3 is 1. The number of unbranched alkanes of at least 4 members (excludes halogenated alkanes) is 6. The molecule has 1 aliphatic heterocycles. The lowest BCUT2D eigenvalue weighted by Gasteiger charge is -2.05. The number of ether oxygens (including phenoxy) is 3. The Labute approximate surface area is 189 Å². The zero-order valence-corrected chi connectivity index (χ0v) is 18.6. The number of carbonyl (C=O) groups is 2. The van der Waals surface area contributed by atoms with Gasteiger partial charge in [0.15, 0.2) is 5.76 Å². The molecule has 0 fully saturated rings. The number of allylic oxidation sites excluding steroid dienone is 2. The van der Waals surface area contributed by atoms with Crippen LogP contribution in [-0.4, -0.2) is 18.9 Å². The van der Waals surface area contributed by atoms with E-state index in [1.54, 1.807) is 31.4 Å². The van der Waals surface area contributed by atoms with Gasteiger partial charge in [-0.1, -0.05) is 43.9 Å². The van der Waals surface area contributed by atoms with Crippen LogP contribution in [0.3, 0.4) is 0 Å². The highest BCUT2D eigenvalue weighted by Gasteiger charge is 2.28. The molecule has 32 heavy (non-hydrogen) atoms. The molecule has 168 valence electrons. The van der Waals surface area contributed by atoms with Crippen molar-refractivity contribution in [2.45, 2.75) is 51.4 Å². The first kappa shape index (κ1) is 23.3. The summed E-state index contributed by atoms with van der Waals surface area (Å²) in [5.74, 6) is 1.29. The van der Waals surface area contributed by atoms with Gasteiger partial charge in [0, 0.05) is 6.42 Å². The molecular formula is C27H30O5. The molecule has 0 unspecified atom stereocenters. The Balaban J connectivity index is 1.49. The fourth-order valence-electron chi connectivity index (χ4n) is 3.53. The molecule has 0 bridgehead atoms. The molecular weight excluding hydrogens is 404 g/mol. The smallest absolute Gasteiger partial charge is 0.311 e. The van der Waals surface area contributed by atoms with E-state index in [0.717, 1.165) is 37.0 Å². The minimum Gasteiger partial charge on any atom is -0.497 e. The number of ketones is 1. The average molecular weight is 435 g/mol. The topological polar surface area (TPSA) is 61.8 Å². The van der Waals surface area contributed by atoms with E-state index in [4.69, 9.17) is 14.2 Å². The quantitative estimate of drug-likeness (QED) is 0.125. The third-order valence-electron chi connectivity index (χ3n) is 5.32. The van der Waals surface area contributed by atoms with Crippen molar-refractivity contribution >= 4 is 17.8 Å². The Kier molecular flexibility index (Phi) is 8.67. The van der Waals surface area contributed by atoms with Crippen LogP contribution in [-0.2, 0) is 4.79 Å². The second kappa shape index (κ2) is 11.9. The van der Waals surface area contributed by atoms with Gasteiger partial charge < -0.3 is 14.2 Å². The summed E-state index contributed by atoms with van der Waals surface area (Å²) in [6.07, 6.45) is 11.6. The zero-order valence-electron chi connectivity index (χ0n) is 18.6. The van der Waals surface area contributed by atoms with Gasteiger partial charge in [-0.25, -0.2) is 0 Å². The lowest BCUT2D eigenvalue weighted by molar-refractivity contribution is -0.134. The highest BCUT2D eigenvalue weighted by molar-refractivity contribution is 6.14. The maximum absolute atomic E-state index is 12.7. The molecule has 0 aromatic heterocycles. The summed E-state index contributed by atoms with van der Waals surface area (Å²) < 4.78 is 16.3. The van der Waals surface area contributed by atoms with Crippen LogP contribution in [0.5, 0.6) is 17.2 Å². The zero-order chi connectivity index (χ0) is 22.8. The molecule has 0 saturated heterocycles. The SMILES string of the molecule is C=CCCCCCCCCC(=O)Oc1ccc2c(c1)C(=O)/C(=C/c1ccc(OC)cc1)O2. The molecule has 2 aromatic carbocycles. The summed E-state index contributed by atoms with van der Waals surface area (Å²) >= 11 is 0. The van der Waals surface area contributed by atoms with Gasteiger partial charge in [-0.15, -0.1) is 6.58 Å². The molecule has 1 aliphatic rings. The van der Waals surface area contributed by atoms with Gasteiger partial charge in [0.1, 0.15) is 17.2 Å². The molecule has 1 heterocycles. The van der Waals surface area contributed by atoms with Crippen molar-refractivity contribution < 1.29 is 23.8 Å². The number of hydrogen-bond donors (Lipinski definition) is 0. The summed E-state index contributed by atoms with van der Waals surface area (Å²) in [5.41, 5.74) is 1.23. The van der Waals surface area contributed by atoms with Crippen molar-refractivity contribution in [1.29, 1.82) is 0 Å². The molecule has 0 amide bonds. The van der Waals surface area contributed by atoms with Crippen molar-refractivity contribution in [2.24, 2.45) is 0 Å². The summed E-state index contributed by atoms with van der Waals surface area (Å²) in [6, 6.07) is 12.2. The molecule has 2 aromatic rings. The van der Waals surface area contributed by atoms with Crippen LogP contribution in [0.2, 0.25) is 0 Å². The summed E-state index contributed by atoms with van der Waals surface area (Å²) in [6.45, 7) is 3.73. The normalized spacial score (nSPS) is 13.5. The Morgan fingerprint density at radius 3 is 2.38 bits per heavy atom. The number of esters is 1. The maximum Gasteiger partial charge on any atom is 0.311 e. The van der Waals surface area contributed by atoms with E-state index < -0.39 is 0 Å². The van der Waals surface area contributed by atoms with E-state index in [1.165, 1.54) is 19.3 Å². The van der Waals surface area contributed by atoms with Crippen molar-refractivity contribution in [2.75, 3.05) is 7.11 Å². The average Bonchev–Trinajstić information content (AvgIpc) is 3.11. The number of rotatable bonds is 12. The molecule has 0 saturated carbocycles. The molecule has 0 N–H and O–H groups in total.